The highest BCUT2D eigenvalue weighted by molar-refractivity contribution is 9.10. The van der Waals surface area contributed by atoms with Crippen LogP contribution in [0.25, 0.3) is 0 Å². The minimum absolute atomic E-state index is 0.115. The average molecular weight is 245 g/mol. The molecule has 0 saturated heterocycles. The molecule has 0 aliphatic heterocycles. The average Bonchev–Trinajstić information content (AvgIpc) is 2.03. The number of hydrogen-bond donors (Lipinski definition) is 2. The van der Waals surface area contributed by atoms with E-state index >= 15 is 0 Å². The lowest BCUT2D eigenvalue weighted by molar-refractivity contribution is -0.137. The molecule has 0 bridgehead atoms. The fourth-order valence-electron chi connectivity index (χ4n) is 0.956. The number of aromatic nitrogens is 1. The van der Waals surface area contributed by atoms with E-state index in [2.05, 4.69) is 20.9 Å². The Hall–Kier alpha value is -0.940. The Bertz CT molecular complexity index is 317. The normalized spacial score (nSPS) is 12.5. The van der Waals surface area contributed by atoms with Crippen LogP contribution in [0.1, 0.15) is 18.2 Å². The fourth-order valence-corrected chi connectivity index (χ4v) is 1.50. The standard InChI is InChI=1S/C8H9BrN2O2/c9-5-2-1-3-11-8(5)6(10)4-7(12)13/h1-3,6H,4,10H2,(H,12,13). The van der Waals surface area contributed by atoms with Crippen LogP contribution < -0.4 is 5.73 Å². The highest BCUT2D eigenvalue weighted by Crippen LogP contribution is 2.20. The number of carbonyl (C=O) groups is 1. The van der Waals surface area contributed by atoms with Gasteiger partial charge >= 0.3 is 5.97 Å². The summed E-state index contributed by atoms with van der Waals surface area (Å²) in [5.74, 6) is -0.926. The lowest BCUT2D eigenvalue weighted by atomic mass is 10.1. The van der Waals surface area contributed by atoms with Crippen molar-refractivity contribution < 1.29 is 9.90 Å². The van der Waals surface area contributed by atoms with Gasteiger partial charge in [-0.25, -0.2) is 0 Å². The topological polar surface area (TPSA) is 76.2 Å². The summed E-state index contributed by atoms with van der Waals surface area (Å²) in [5, 5.41) is 8.51. The maximum absolute atomic E-state index is 10.4. The van der Waals surface area contributed by atoms with Gasteiger partial charge < -0.3 is 10.8 Å². The van der Waals surface area contributed by atoms with Gasteiger partial charge in [0.2, 0.25) is 0 Å². The van der Waals surface area contributed by atoms with Crippen molar-refractivity contribution in [3.8, 4) is 0 Å². The number of rotatable bonds is 3. The van der Waals surface area contributed by atoms with Crippen LogP contribution in [0.4, 0.5) is 0 Å². The Morgan fingerprint density at radius 3 is 3.00 bits per heavy atom. The van der Waals surface area contributed by atoms with Crippen LogP contribution in [0.15, 0.2) is 22.8 Å². The molecule has 0 aliphatic carbocycles. The molecule has 0 radical (unpaired) electrons. The zero-order chi connectivity index (χ0) is 9.84. The number of carboxylic acids is 1. The highest BCUT2D eigenvalue weighted by atomic mass is 79.9. The molecule has 1 unspecified atom stereocenters. The summed E-state index contributed by atoms with van der Waals surface area (Å²) in [6, 6.07) is 2.97. The van der Waals surface area contributed by atoms with E-state index in [4.69, 9.17) is 10.8 Å². The van der Waals surface area contributed by atoms with E-state index in [-0.39, 0.29) is 6.42 Å². The molecule has 13 heavy (non-hydrogen) atoms. The Balaban J connectivity index is 2.82. The van der Waals surface area contributed by atoms with Gasteiger partial charge in [0.25, 0.3) is 0 Å². The van der Waals surface area contributed by atoms with Crippen molar-refractivity contribution in [2.24, 2.45) is 5.73 Å². The van der Waals surface area contributed by atoms with Crippen molar-refractivity contribution >= 4 is 21.9 Å². The number of nitrogens with two attached hydrogens (primary N) is 1. The number of nitrogens with zero attached hydrogens (tertiary/aromatic N) is 1. The predicted molar refractivity (Wildman–Crippen MR) is 51.1 cm³/mol. The van der Waals surface area contributed by atoms with E-state index in [1.54, 1.807) is 18.3 Å². The van der Waals surface area contributed by atoms with Crippen molar-refractivity contribution in [2.45, 2.75) is 12.5 Å². The van der Waals surface area contributed by atoms with Gasteiger partial charge in [-0.1, -0.05) is 0 Å². The van der Waals surface area contributed by atoms with E-state index < -0.39 is 12.0 Å². The Labute approximate surface area is 83.9 Å². The molecule has 0 aliphatic rings. The molecule has 0 aromatic carbocycles. The maximum Gasteiger partial charge on any atom is 0.305 e. The van der Waals surface area contributed by atoms with Crippen molar-refractivity contribution in [3.05, 3.63) is 28.5 Å². The first-order valence-corrected chi connectivity index (χ1v) is 4.48. The Morgan fingerprint density at radius 2 is 2.46 bits per heavy atom. The second-order valence-corrected chi connectivity index (χ2v) is 3.43. The Morgan fingerprint density at radius 1 is 1.77 bits per heavy atom. The lowest BCUT2D eigenvalue weighted by Crippen LogP contribution is -2.16. The second kappa shape index (κ2) is 4.34. The van der Waals surface area contributed by atoms with Gasteiger partial charge in [0.15, 0.2) is 0 Å². The minimum atomic E-state index is -0.926. The second-order valence-electron chi connectivity index (χ2n) is 2.57. The summed E-state index contributed by atoms with van der Waals surface area (Å²) in [5.41, 5.74) is 6.20. The first-order valence-electron chi connectivity index (χ1n) is 3.69. The van der Waals surface area contributed by atoms with E-state index in [0.29, 0.717) is 5.69 Å². The summed E-state index contributed by atoms with van der Waals surface area (Å²) >= 11 is 3.25. The van der Waals surface area contributed by atoms with Gasteiger partial charge in [-0.15, -0.1) is 0 Å². The largest absolute Gasteiger partial charge is 0.481 e. The van der Waals surface area contributed by atoms with Gasteiger partial charge in [0, 0.05) is 10.7 Å². The van der Waals surface area contributed by atoms with Gasteiger partial charge in [0.1, 0.15) is 0 Å². The van der Waals surface area contributed by atoms with Crippen molar-refractivity contribution in [2.75, 3.05) is 0 Å². The van der Waals surface area contributed by atoms with Gasteiger partial charge in [0.05, 0.1) is 18.2 Å². The molecule has 70 valence electrons. The number of hydrogen-bond acceptors (Lipinski definition) is 3. The molecular weight excluding hydrogens is 236 g/mol. The van der Waals surface area contributed by atoms with Crippen LogP contribution in [0.2, 0.25) is 0 Å². The van der Waals surface area contributed by atoms with Crippen LogP contribution in [-0.2, 0) is 4.79 Å². The molecule has 3 N–H and O–H groups in total. The van der Waals surface area contributed by atoms with Crippen molar-refractivity contribution in [3.63, 3.8) is 0 Å². The van der Waals surface area contributed by atoms with Gasteiger partial charge in [-0.3, -0.25) is 9.78 Å². The molecular formula is C8H9BrN2O2. The molecule has 0 spiro atoms. The number of pyridine rings is 1. The molecule has 1 aromatic rings. The predicted octanol–water partition coefficient (Wildman–Crippen LogP) is 1.32. The molecule has 0 saturated carbocycles. The SMILES string of the molecule is NC(CC(=O)O)c1ncccc1Br. The number of halogens is 1. The summed E-state index contributed by atoms with van der Waals surface area (Å²) in [4.78, 5) is 14.4. The van der Waals surface area contributed by atoms with E-state index in [1.807, 2.05) is 0 Å². The van der Waals surface area contributed by atoms with Crippen LogP contribution in [0.3, 0.4) is 0 Å². The summed E-state index contributed by atoms with van der Waals surface area (Å²) in [7, 11) is 0. The third kappa shape index (κ3) is 2.78. The third-order valence-corrected chi connectivity index (χ3v) is 2.20. The summed E-state index contributed by atoms with van der Waals surface area (Å²) in [6.45, 7) is 0. The molecule has 0 amide bonds. The quantitative estimate of drug-likeness (QED) is 0.841. The molecule has 1 atom stereocenters. The van der Waals surface area contributed by atoms with Crippen LogP contribution in [0.5, 0.6) is 0 Å². The van der Waals surface area contributed by atoms with Crippen LogP contribution in [-0.4, -0.2) is 16.1 Å². The van der Waals surface area contributed by atoms with E-state index in [1.165, 1.54) is 0 Å². The molecule has 1 aromatic heterocycles. The van der Waals surface area contributed by atoms with Gasteiger partial charge in [-0.2, -0.15) is 0 Å². The molecule has 4 nitrogen and oxygen atoms in total. The zero-order valence-electron chi connectivity index (χ0n) is 6.77. The third-order valence-electron chi connectivity index (χ3n) is 1.53. The first kappa shape index (κ1) is 10.1. The maximum atomic E-state index is 10.4. The van der Waals surface area contributed by atoms with Crippen LogP contribution in [0, 0.1) is 0 Å². The first-order chi connectivity index (χ1) is 6.11. The Kier molecular flexibility index (Phi) is 3.39. The number of carboxylic acid groups (broad SMARTS) is 1. The molecule has 0 fully saturated rings. The zero-order valence-corrected chi connectivity index (χ0v) is 8.36. The van der Waals surface area contributed by atoms with E-state index in [0.717, 1.165) is 4.47 Å². The highest BCUT2D eigenvalue weighted by Gasteiger charge is 2.14. The molecule has 1 heterocycles. The summed E-state index contributed by atoms with van der Waals surface area (Å²) in [6.07, 6.45) is 1.47. The minimum Gasteiger partial charge on any atom is -0.481 e. The number of aliphatic carboxylic acids is 1. The van der Waals surface area contributed by atoms with Crippen LogP contribution >= 0.6 is 15.9 Å². The van der Waals surface area contributed by atoms with Gasteiger partial charge in [-0.05, 0) is 28.1 Å². The molecule has 5 heteroatoms. The van der Waals surface area contributed by atoms with Crippen molar-refractivity contribution in [1.29, 1.82) is 0 Å². The fraction of sp³-hybridized carbons (Fsp3) is 0.250. The lowest BCUT2D eigenvalue weighted by Gasteiger charge is -2.09. The molecule has 1 rings (SSSR count). The van der Waals surface area contributed by atoms with E-state index in [9.17, 15) is 4.79 Å². The summed E-state index contributed by atoms with van der Waals surface area (Å²) < 4.78 is 0.740. The van der Waals surface area contributed by atoms with Crippen molar-refractivity contribution in [1.82, 2.24) is 4.98 Å². The monoisotopic (exact) mass is 244 g/mol. The smallest absolute Gasteiger partial charge is 0.305 e.